The fraction of sp³-hybridized carbons (Fsp3) is 0.706. The van der Waals surface area contributed by atoms with Gasteiger partial charge in [-0.05, 0) is 31.5 Å². The molecule has 0 saturated carbocycles. The number of nitrogens with two attached hydrogens (primary N) is 1. The third-order valence-electron chi connectivity index (χ3n) is 4.49. The Kier molecular flexibility index (Phi) is 8.26. The Hall–Kier alpha value is -1.91. The Morgan fingerprint density at radius 3 is 2.93 bits per heavy atom. The number of methoxy groups -OCH3 is 1. The first kappa shape index (κ1) is 21.4. The standard InChI is InChI=1S/C17H29N5O4S/c1-3-4-7-22-14(18)13(15(23)20-16(22)24)21(8-10-25-2)17(27)19-11-12-6-5-9-26-12/h12H,3-11,18H2,1-2H3,(H,19,27)(H,20,23,24)/t12-/m0/s1. The molecule has 10 heteroatoms. The number of anilines is 2. The average molecular weight is 400 g/mol. The number of rotatable bonds is 9. The molecule has 0 radical (unpaired) electrons. The zero-order valence-electron chi connectivity index (χ0n) is 16.0. The summed E-state index contributed by atoms with van der Waals surface area (Å²) in [6.07, 6.45) is 3.77. The van der Waals surface area contributed by atoms with Crippen LogP contribution < -0.4 is 27.2 Å². The van der Waals surface area contributed by atoms with Gasteiger partial charge >= 0.3 is 5.69 Å². The number of aromatic amines is 1. The molecule has 1 fully saturated rings. The second kappa shape index (κ2) is 10.4. The average Bonchev–Trinajstić information content (AvgIpc) is 3.15. The summed E-state index contributed by atoms with van der Waals surface area (Å²) in [6.45, 7) is 4.42. The third-order valence-corrected chi connectivity index (χ3v) is 4.85. The molecule has 2 rings (SSSR count). The topological polar surface area (TPSA) is 115 Å². The van der Waals surface area contributed by atoms with Crippen LogP contribution in [0.2, 0.25) is 0 Å². The van der Waals surface area contributed by atoms with Crippen molar-refractivity contribution in [3.05, 3.63) is 20.8 Å². The van der Waals surface area contributed by atoms with E-state index in [2.05, 4.69) is 10.3 Å². The highest BCUT2D eigenvalue weighted by Crippen LogP contribution is 2.18. The minimum absolute atomic E-state index is 0.0985. The number of thiocarbonyl (C=S) groups is 1. The normalized spacial score (nSPS) is 16.4. The van der Waals surface area contributed by atoms with Crippen LogP contribution in [0.1, 0.15) is 32.6 Å². The second-order valence-electron chi connectivity index (χ2n) is 6.46. The van der Waals surface area contributed by atoms with Gasteiger partial charge in [-0.1, -0.05) is 13.3 Å². The molecule has 0 unspecified atom stereocenters. The molecule has 1 aromatic heterocycles. The smallest absolute Gasteiger partial charge is 0.330 e. The van der Waals surface area contributed by atoms with Crippen molar-refractivity contribution in [1.82, 2.24) is 14.9 Å². The van der Waals surface area contributed by atoms with Gasteiger partial charge < -0.3 is 25.4 Å². The summed E-state index contributed by atoms with van der Waals surface area (Å²) in [5.74, 6) is 0.106. The Labute approximate surface area is 163 Å². The molecular formula is C17H29N5O4S. The Morgan fingerprint density at radius 1 is 1.52 bits per heavy atom. The van der Waals surface area contributed by atoms with E-state index < -0.39 is 11.2 Å². The van der Waals surface area contributed by atoms with E-state index in [9.17, 15) is 9.59 Å². The lowest BCUT2D eigenvalue weighted by Crippen LogP contribution is -2.48. The molecule has 0 aliphatic carbocycles. The van der Waals surface area contributed by atoms with Crippen LogP contribution in [-0.2, 0) is 16.0 Å². The van der Waals surface area contributed by atoms with E-state index in [0.29, 0.717) is 31.4 Å². The molecule has 0 spiro atoms. The Bertz CT molecular complexity index is 742. The highest BCUT2D eigenvalue weighted by atomic mass is 32.1. The molecular weight excluding hydrogens is 370 g/mol. The molecule has 0 aromatic carbocycles. The summed E-state index contributed by atoms with van der Waals surface area (Å²) in [5.41, 5.74) is 5.28. The third kappa shape index (κ3) is 5.53. The molecule has 1 aliphatic heterocycles. The summed E-state index contributed by atoms with van der Waals surface area (Å²) in [4.78, 5) is 28.6. The van der Waals surface area contributed by atoms with Gasteiger partial charge in [-0.3, -0.25) is 14.3 Å². The van der Waals surface area contributed by atoms with Gasteiger partial charge in [0.2, 0.25) is 0 Å². The molecule has 27 heavy (non-hydrogen) atoms. The maximum Gasteiger partial charge on any atom is 0.330 e. The Balaban J connectivity index is 2.29. The van der Waals surface area contributed by atoms with E-state index in [1.165, 1.54) is 4.57 Å². The van der Waals surface area contributed by atoms with E-state index in [4.69, 9.17) is 27.4 Å². The number of nitrogens with zero attached hydrogens (tertiary/aromatic N) is 2. The molecule has 0 bridgehead atoms. The van der Waals surface area contributed by atoms with Crippen LogP contribution in [-0.4, -0.2) is 54.2 Å². The van der Waals surface area contributed by atoms with Crippen LogP contribution in [0.3, 0.4) is 0 Å². The summed E-state index contributed by atoms with van der Waals surface area (Å²) >= 11 is 5.50. The summed E-state index contributed by atoms with van der Waals surface area (Å²) in [5, 5.41) is 3.49. The summed E-state index contributed by atoms with van der Waals surface area (Å²) in [7, 11) is 1.57. The SMILES string of the molecule is CCCCn1c(N)c(N(CCOC)C(=S)NC[C@@H]2CCCO2)c(=O)[nH]c1=O. The zero-order valence-corrected chi connectivity index (χ0v) is 16.8. The predicted octanol–water partition coefficient (Wildman–Crippen LogP) is 0.425. The number of unbranched alkanes of at least 4 members (excludes halogenated alkanes) is 1. The first-order valence-corrected chi connectivity index (χ1v) is 9.68. The first-order valence-electron chi connectivity index (χ1n) is 9.28. The van der Waals surface area contributed by atoms with E-state index in [1.54, 1.807) is 12.0 Å². The fourth-order valence-corrected chi connectivity index (χ4v) is 3.24. The monoisotopic (exact) mass is 399 g/mol. The fourth-order valence-electron chi connectivity index (χ4n) is 2.98. The van der Waals surface area contributed by atoms with Crippen molar-refractivity contribution in [1.29, 1.82) is 0 Å². The largest absolute Gasteiger partial charge is 0.383 e. The van der Waals surface area contributed by atoms with E-state index in [1.807, 2.05) is 6.92 Å². The molecule has 1 saturated heterocycles. The number of nitrogens with one attached hydrogen (secondary N) is 2. The van der Waals surface area contributed by atoms with Crippen LogP contribution in [0.5, 0.6) is 0 Å². The van der Waals surface area contributed by atoms with Crippen LogP contribution >= 0.6 is 12.2 Å². The molecule has 1 aliphatic rings. The summed E-state index contributed by atoms with van der Waals surface area (Å²) < 4.78 is 12.1. The van der Waals surface area contributed by atoms with Crippen molar-refractivity contribution in [2.75, 3.05) is 44.0 Å². The van der Waals surface area contributed by atoms with Crippen molar-refractivity contribution < 1.29 is 9.47 Å². The van der Waals surface area contributed by atoms with Crippen LogP contribution in [0, 0.1) is 0 Å². The second-order valence-corrected chi connectivity index (χ2v) is 6.85. The number of H-pyrrole nitrogens is 1. The van der Waals surface area contributed by atoms with E-state index in [-0.39, 0.29) is 17.6 Å². The van der Waals surface area contributed by atoms with E-state index >= 15 is 0 Å². The summed E-state index contributed by atoms with van der Waals surface area (Å²) in [6, 6.07) is 0. The van der Waals surface area contributed by atoms with E-state index in [0.717, 1.165) is 32.3 Å². The van der Waals surface area contributed by atoms with Crippen molar-refractivity contribution in [2.45, 2.75) is 45.3 Å². The predicted molar refractivity (Wildman–Crippen MR) is 109 cm³/mol. The lowest BCUT2D eigenvalue weighted by molar-refractivity contribution is 0.114. The van der Waals surface area contributed by atoms with Gasteiger partial charge in [-0.2, -0.15) is 0 Å². The first-order chi connectivity index (χ1) is 13.0. The minimum atomic E-state index is -0.567. The maximum atomic E-state index is 12.5. The highest BCUT2D eigenvalue weighted by Gasteiger charge is 2.23. The molecule has 1 aromatic rings. The van der Waals surface area contributed by atoms with Crippen LogP contribution in [0.25, 0.3) is 0 Å². The Morgan fingerprint density at radius 2 is 2.30 bits per heavy atom. The molecule has 4 N–H and O–H groups in total. The molecule has 2 heterocycles. The highest BCUT2D eigenvalue weighted by molar-refractivity contribution is 7.80. The number of hydrogen-bond donors (Lipinski definition) is 3. The van der Waals surface area contributed by atoms with Gasteiger partial charge in [0.15, 0.2) is 10.8 Å². The number of hydrogen-bond acceptors (Lipinski definition) is 6. The molecule has 1 atom stereocenters. The quantitative estimate of drug-likeness (QED) is 0.512. The zero-order chi connectivity index (χ0) is 19.8. The van der Waals surface area contributed by atoms with Gasteiger partial charge in [0.05, 0.1) is 12.7 Å². The number of ether oxygens (including phenoxy) is 2. The van der Waals surface area contributed by atoms with Gasteiger partial charge in [-0.15, -0.1) is 0 Å². The van der Waals surface area contributed by atoms with Gasteiger partial charge in [-0.25, -0.2) is 4.79 Å². The lowest BCUT2D eigenvalue weighted by Gasteiger charge is -2.27. The molecule has 0 amide bonds. The molecule has 152 valence electrons. The molecule has 9 nitrogen and oxygen atoms in total. The van der Waals surface area contributed by atoms with Crippen LogP contribution in [0.15, 0.2) is 9.59 Å². The van der Waals surface area contributed by atoms with Crippen molar-refractivity contribution in [3.8, 4) is 0 Å². The van der Waals surface area contributed by atoms with Crippen molar-refractivity contribution >= 4 is 28.8 Å². The number of nitrogen functional groups attached to an aromatic ring is 1. The minimum Gasteiger partial charge on any atom is -0.383 e. The van der Waals surface area contributed by atoms with Gasteiger partial charge in [0.25, 0.3) is 5.56 Å². The van der Waals surface area contributed by atoms with Gasteiger partial charge in [0.1, 0.15) is 5.82 Å². The van der Waals surface area contributed by atoms with Crippen molar-refractivity contribution in [2.24, 2.45) is 0 Å². The van der Waals surface area contributed by atoms with Crippen molar-refractivity contribution in [3.63, 3.8) is 0 Å². The van der Waals surface area contributed by atoms with Crippen LogP contribution in [0.4, 0.5) is 11.5 Å². The lowest BCUT2D eigenvalue weighted by atomic mass is 10.2. The maximum absolute atomic E-state index is 12.5. The van der Waals surface area contributed by atoms with Gasteiger partial charge in [0, 0.05) is 33.4 Å². The number of aromatic nitrogens is 2.